The van der Waals surface area contributed by atoms with Crippen LogP contribution in [-0.4, -0.2) is 29.9 Å². The lowest BCUT2D eigenvalue weighted by Crippen LogP contribution is -2.33. The maximum atomic E-state index is 11.2. The minimum Gasteiger partial charge on any atom is -0.469 e. The molecular weight excluding hydrogens is 332 g/mol. The molecule has 1 atom stereocenters. The number of carbonyl (C=O) groups is 2. The fourth-order valence-electron chi connectivity index (χ4n) is 2.84. The SMILES string of the molecule is CCCCCC[C@@](O)(C/C=C\CCCCCCCC(=O)OC)OC(C)=O. The normalized spacial score (nSPS) is 13.5. The van der Waals surface area contributed by atoms with Gasteiger partial charge in [0.15, 0.2) is 0 Å². The third-order valence-electron chi connectivity index (χ3n) is 4.34. The minimum atomic E-state index is -1.37. The van der Waals surface area contributed by atoms with E-state index in [1.165, 1.54) is 14.0 Å². The monoisotopic (exact) mass is 370 g/mol. The average molecular weight is 371 g/mol. The van der Waals surface area contributed by atoms with Crippen molar-refractivity contribution in [3.63, 3.8) is 0 Å². The van der Waals surface area contributed by atoms with Crippen molar-refractivity contribution >= 4 is 11.9 Å². The summed E-state index contributed by atoms with van der Waals surface area (Å²) in [5.74, 6) is -1.95. The van der Waals surface area contributed by atoms with Gasteiger partial charge < -0.3 is 14.6 Å². The van der Waals surface area contributed by atoms with Crippen LogP contribution in [0.3, 0.4) is 0 Å². The van der Waals surface area contributed by atoms with Gasteiger partial charge in [0, 0.05) is 26.2 Å². The van der Waals surface area contributed by atoms with E-state index in [2.05, 4.69) is 17.7 Å². The van der Waals surface area contributed by atoms with Crippen LogP contribution in [0, 0.1) is 0 Å². The summed E-state index contributed by atoms with van der Waals surface area (Å²) in [6.45, 7) is 3.47. The summed E-state index contributed by atoms with van der Waals surface area (Å²) in [6.07, 6.45) is 15.7. The smallest absolute Gasteiger partial charge is 0.305 e. The second kappa shape index (κ2) is 15.9. The summed E-state index contributed by atoms with van der Waals surface area (Å²) >= 11 is 0. The molecule has 0 amide bonds. The first-order valence-electron chi connectivity index (χ1n) is 10.1. The largest absolute Gasteiger partial charge is 0.469 e. The fraction of sp³-hybridized carbons (Fsp3) is 0.810. The van der Waals surface area contributed by atoms with Crippen LogP contribution in [0.15, 0.2) is 12.2 Å². The summed E-state index contributed by atoms with van der Waals surface area (Å²) in [5.41, 5.74) is 0. The number of hydrogen-bond acceptors (Lipinski definition) is 5. The first-order chi connectivity index (χ1) is 12.4. The molecule has 0 aromatic carbocycles. The van der Waals surface area contributed by atoms with Crippen molar-refractivity contribution in [1.29, 1.82) is 0 Å². The van der Waals surface area contributed by atoms with E-state index in [0.717, 1.165) is 64.2 Å². The number of esters is 2. The number of rotatable bonds is 16. The van der Waals surface area contributed by atoms with Gasteiger partial charge in [-0.05, 0) is 25.7 Å². The molecule has 0 aromatic heterocycles. The summed E-state index contributed by atoms with van der Waals surface area (Å²) in [7, 11) is 1.42. The lowest BCUT2D eigenvalue weighted by molar-refractivity contribution is -0.208. The molecule has 0 bridgehead atoms. The number of aliphatic hydroxyl groups is 1. The standard InChI is InChI=1S/C21H38O5/c1-4-5-6-14-17-21(24,26-19(2)22)18-15-12-10-8-7-9-11-13-16-20(23)25-3/h12,15,24H,4-11,13-14,16-18H2,1-3H3/b15-12-/t21-/m0/s1. The van der Waals surface area contributed by atoms with Gasteiger partial charge >= 0.3 is 11.9 Å². The van der Waals surface area contributed by atoms with Crippen LogP contribution in [-0.2, 0) is 19.1 Å². The molecule has 0 aromatic rings. The molecule has 0 aliphatic heterocycles. The number of carbonyl (C=O) groups excluding carboxylic acids is 2. The summed E-state index contributed by atoms with van der Waals surface area (Å²) in [5, 5.41) is 10.5. The van der Waals surface area contributed by atoms with Crippen molar-refractivity contribution in [2.24, 2.45) is 0 Å². The van der Waals surface area contributed by atoms with Crippen LogP contribution in [0.1, 0.15) is 97.3 Å². The highest BCUT2D eigenvalue weighted by molar-refractivity contribution is 5.69. The Balaban J connectivity index is 3.90. The Kier molecular flexibility index (Phi) is 15.0. The summed E-state index contributed by atoms with van der Waals surface area (Å²) in [6, 6.07) is 0. The molecule has 0 saturated carbocycles. The van der Waals surface area contributed by atoms with E-state index in [0.29, 0.717) is 19.3 Å². The van der Waals surface area contributed by atoms with E-state index >= 15 is 0 Å². The van der Waals surface area contributed by atoms with Gasteiger partial charge in [-0.15, -0.1) is 0 Å². The molecule has 0 rings (SSSR count). The van der Waals surface area contributed by atoms with Gasteiger partial charge in [-0.1, -0.05) is 57.6 Å². The Morgan fingerprint density at radius 3 is 2.27 bits per heavy atom. The van der Waals surface area contributed by atoms with Gasteiger partial charge in [-0.3, -0.25) is 9.59 Å². The van der Waals surface area contributed by atoms with Crippen LogP contribution in [0.4, 0.5) is 0 Å². The Hall–Kier alpha value is -1.36. The highest BCUT2D eigenvalue weighted by Crippen LogP contribution is 2.22. The van der Waals surface area contributed by atoms with Gasteiger partial charge in [0.05, 0.1) is 7.11 Å². The van der Waals surface area contributed by atoms with Crippen molar-refractivity contribution in [3.05, 3.63) is 12.2 Å². The number of methoxy groups -OCH3 is 1. The van der Waals surface area contributed by atoms with E-state index in [4.69, 9.17) is 4.74 Å². The van der Waals surface area contributed by atoms with Crippen molar-refractivity contribution in [2.45, 2.75) is 103 Å². The van der Waals surface area contributed by atoms with Crippen molar-refractivity contribution in [3.8, 4) is 0 Å². The first-order valence-corrected chi connectivity index (χ1v) is 10.1. The third kappa shape index (κ3) is 14.9. The van der Waals surface area contributed by atoms with Gasteiger partial charge in [0.25, 0.3) is 0 Å². The quantitative estimate of drug-likeness (QED) is 0.178. The zero-order valence-corrected chi connectivity index (χ0v) is 16.9. The molecule has 1 N–H and O–H groups in total. The highest BCUT2D eigenvalue weighted by Gasteiger charge is 2.28. The predicted octanol–water partition coefficient (Wildman–Crippen LogP) is 5.06. The molecule has 5 nitrogen and oxygen atoms in total. The molecule has 0 aliphatic carbocycles. The second-order valence-electron chi connectivity index (χ2n) is 6.91. The van der Waals surface area contributed by atoms with Crippen LogP contribution in [0.2, 0.25) is 0 Å². The van der Waals surface area contributed by atoms with Crippen molar-refractivity contribution in [1.82, 2.24) is 0 Å². The number of ether oxygens (including phenoxy) is 2. The zero-order valence-electron chi connectivity index (χ0n) is 16.9. The Labute approximate surface area is 159 Å². The molecule has 0 aliphatic rings. The fourth-order valence-corrected chi connectivity index (χ4v) is 2.84. The topological polar surface area (TPSA) is 72.8 Å². The van der Waals surface area contributed by atoms with Gasteiger partial charge in [0.1, 0.15) is 0 Å². The molecule has 0 saturated heterocycles. The highest BCUT2D eigenvalue weighted by atomic mass is 16.7. The van der Waals surface area contributed by atoms with Gasteiger partial charge in [-0.25, -0.2) is 0 Å². The molecule has 26 heavy (non-hydrogen) atoms. The van der Waals surface area contributed by atoms with Crippen molar-refractivity contribution in [2.75, 3.05) is 7.11 Å². The Bertz CT molecular complexity index is 405. The van der Waals surface area contributed by atoms with Gasteiger partial charge in [0.2, 0.25) is 5.79 Å². The van der Waals surface area contributed by atoms with Gasteiger partial charge in [-0.2, -0.15) is 0 Å². The van der Waals surface area contributed by atoms with E-state index in [-0.39, 0.29) is 5.97 Å². The number of unbranched alkanes of at least 4 members (excludes halogenated alkanes) is 8. The molecule has 0 heterocycles. The molecule has 0 fully saturated rings. The Morgan fingerprint density at radius 1 is 0.962 bits per heavy atom. The average Bonchev–Trinajstić information content (AvgIpc) is 2.59. The molecule has 0 spiro atoms. The van der Waals surface area contributed by atoms with E-state index in [1.54, 1.807) is 0 Å². The molecular formula is C21H38O5. The molecule has 0 radical (unpaired) electrons. The first kappa shape index (κ1) is 24.6. The number of allylic oxidation sites excluding steroid dienone is 1. The van der Waals surface area contributed by atoms with Crippen LogP contribution in [0.5, 0.6) is 0 Å². The lowest BCUT2D eigenvalue weighted by Gasteiger charge is -2.26. The van der Waals surface area contributed by atoms with E-state index in [9.17, 15) is 14.7 Å². The molecule has 0 unspecified atom stereocenters. The van der Waals surface area contributed by atoms with Crippen LogP contribution < -0.4 is 0 Å². The molecule has 5 heteroatoms. The summed E-state index contributed by atoms with van der Waals surface area (Å²) in [4.78, 5) is 22.2. The maximum absolute atomic E-state index is 11.2. The van der Waals surface area contributed by atoms with Crippen LogP contribution >= 0.6 is 0 Å². The Morgan fingerprint density at radius 2 is 1.62 bits per heavy atom. The minimum absolute atomic E-state index is 0.136. The van der Waals surface area contributed by atoms with Crippen molar-refractivity contribution < 1.29 is 24.2 Å². The second-order valence-corrected chi connectivity index (χ2v) is 6.91. The molecule has 152 valence electrons. The van der Waals surface area contributed by atoms with Crippen LogP contribution in [0.25, 0.3) is 0 Å². The summed E-state index contributed by atoms with van der Waals surface area (Å²) < 4.78 is 9.76. The maximum Gasteiger partial charge on any atom is 0.305 e. The zero-order chi connectivity index (χ0) is 19.7. The lowest BCUT2D eigenvalue weighted by atomic mass is 10.0. The predicted molar refractivity (Wildman–Crippen MR) is 104 cm³/mol. The van der Waals surface area contributed by atoms with E-state index in [1.807, 2.05) is 6.08 Å². The number of hydrogen-bond donors (Lipinski definition) is 1. The third-order valence-corrected chi connectivity index (χ3v) is 4.34. The van der Waals surface area contributed by atoms with E-state index < -0.39 is 11.8 Å².